The maximum atomic E-state index is 12.2. The van der Waals surface area contributed by atoms with E-state index in [1.165, 1.54) is 4.90 Å². The van der Waals surface area contributed by atoms with Gasteiger partial charge in [-0.25, -0.2) is 4.79 Å². The number of nitrogen functional groups attached to an aromatic ring is 1. The summed E-state index contributed by atoms with van der Waals surface area (Å²) in [5.41, 5.74) is 7.01. The maximum Gasteiger partial charge on any atom is 0.328 e. The van der Waals surface area contributed by atoms with Crippen molar-refractivity contribution in [2.45, 2.75) is 12.5 Å². The number of aliphatic carboxylic acids is 1. The van der Waals surface area contributed by atoms with Crippen molar-refractivity contribution in [1.29, 1.82) is 0 Å². The molecule has 19 heavy (non-hydrogen) atoms. The lowest BCUT2D eigenvalue weighted by atomic mass is 10.1. The molecular weight excluding hydrogens is 248 g/mol. The van der Waals surface area contributed by atoms with E-state index in [4.69, 9.17) is 15.6 Å². The Morgan fingerprint density at radius 3 is 2.95 bits per heavy atom. The van der Waals surface area contributed by atoms with Gasteiger partial charge in [0.15, 0.2) is 6.04 Å². The third-order valence-corrected chi connectivity index (χ3v) is 3.04. The molecule has 1 atom stereocenters. The molecule has 6 heteroatoms. The zero-order valence-electron chi connectivity index (χ0n) is 10.4. The summed E-state index contributed by atoms with van der Waals surface area (Å²) in [5.74, 6) is -1.26. The van der Waals surface area contributed by atoms with Crippen LogP contribution in [0.2, 0.25) is 0 Å². The van der Waals surface area contributed by atoms with Crippen LogP contribution in [0, 0.1) is 0 Å². The minimum atomic E-state index is -1.04. The van der Waals surface area contributed by atoms with Gasteiger partial charge in [0, 0.05) is 12.2 Å². The molecule has 1 aromatic rings. The molecule has 0 bridgehead atoms. The van der Waals surface area contributed by atoms with Crippen LogP contribution >= 0.6 is 0 Å². The zero-order chi connectivity index (χ0) is 13.8. The second kappa shape index (κ2) is 5.71. The zero-order valence-corrected chi connectivity index (χ0v) is 10.4. The molecule has 0 aliphatic carbocycles. The number of anilines is 1. The van der Waals surface area contributed by atoms with Crippen LogP contribution in [0.25, 0.3) is 0 Å². The third-order valence-electron chi connectivity index (χ3n) is 3.04. The Kier molecular flexibility index (Phi) is 4.01. The maximum absolute atomic E-state index is 12.2. The van der Waals surface area contributed by atoms with Crippen molar-refractivity contribution in [3.05, 3.63) is 29.8 Å². The molecule has 1 amide bonds. The lowest BCUT2D eigenvalue weighted by Crippen LogP contribution is -2.53. The van der Waals surface area contributed by atoms with Crippen molar-refractivity contribution in [2.24, 2.45) is 0 Å². The number of carboxylic acid groups (broad SMARTS) is 1. The van der Waals surface area contributed by atoms with E-state index in [-0.39, 0.29) is 18.9 Å². The van der Waals surface area contributed by atoms with E-state index < -0.39 is 12.0 Å². The number of benzene rings is 1. The first-order chi connectivity index (χ1) is 9.08. The van der Waals surface area contributed by atoms with Crippen LogP contribution in [-0.2, 0) is 20.7 Å². The van der Waals surface area contributed by atoms with Crippen LogP contribution in [0.5, 0.6) is 0 Å². The Labute approximate surface area is 110 Å². The van der Waals surface area contributed by atoms with Crippen molar-refractivity contribution in [3.63, 3.8) is 0 Å². The Morgan fingerprint density at radius 1 is 1.47 bits per heavy atom. The van der Waals surface area contributed by atoms with Crippen LogP contribution in [0.3, 0.4) is 0 Å². The SMILES string of the molecule is Nc1cccc(CC(=O)N2CCOCC2C(=O)O)c1. The average Bonchev–Trinajstić information content (AvgIpc) is 2.38. The minimum absolute atomic E-state index is 0.0397. The van der Waals surface area contributed by atoms with Gasteiger partial charge in [-0.15, -0.1) is 0 Å². The van der Waals surface area contributed by atoms with Gasteiger partial charge in [0.1, 0.15) is 0 Å². The van der Waals surface area contributed by atoms with Crippen LogP contribution in [0.15, 0.2) is 24.3 Å². The smallest absolute Gasteiger partial charge is 0.328 e. The van der Waals surface area contributed by atoms with E-state index in [2.05, 4.69) is 0 Å². The van der Waals surface area contributed by atoms with Gasteiger partial charge >= 0.3 is 5.97 Å². The number of nitrogens with two attached hydrogens (primary N) is 1. The molecule has 0 saturated carbocycles. The first kappa shape index (κ1) is 13.4. The number of hydrogen-bond acceptors (Lipinski definition) is 4. The van der Waals surface area contributed by atoms with Crippen molar-refractivity contribution < 1.29 is 19.4 Å². The molecule has 0 spiro atoms. The lowest BCUT2D eigenvalue weighted by Gasteiger charge is -2.32. The Bertz CT molecular complexity index is 489. The fourth-order valence-corrected chi connectivity index (χ4v) is 2.09. The monoisotopic (exact) mass is 264 g/mol. The summed E-state index contributed by atoms with van der Waals surface area (Å²) in [6.45, 7) is 0.711. The number of amides is 1. The number of hydrogen-bond donors (Lipinski definition) is 2. The number of morpholine rings is 1. The molecule has 1 unspecified atom stereocenters. The summed E-state index contributed by atoms with van der Waals surface area (Å²) in [7, 11) is 0. The molecule has 1 saturated heterocycles. The van der Waals surface area contributed by atoms with Crippen LogP contribution in [0.1, 0.15) is 5.56 Å². The van der Waals surface area contributed by atoms with Crippen LogP contribution in [0.4, 0.5) is 5.69 Å². The highest BCUT2D eigenvalue weighted by Gasteiger charge is 2.32. The number of carbonyl (C=O) groups excluding carboxylic acids is 1. The summed E-state index contributed by atoms with van der Waals surface area (Å²) in [6, 6.07) is 6.12. The number of nitrogens with zero attached hydrogens (tertiary/aromatic N) is 1. The molecule has 2 rings (SSSR count). The highest BCUT2D eigenvalue weighted by Crippen LogP contribution is 2.12. The first-order valence-electron chi connectivity index (χ1n) is 6.02. The summed E-state index contributed by atoms with van der Waals surface area (Å²) in [6.07, 6.45) is 0.148. The van der Waals surface area contributed by atoms with Gasteiger partial charge in [-0.3, -0.25) is 4.79 Å². The number of carboxylic acids is 1. The first-order valence-corrected chi connectivity index (χ1v) is 6.02. The van der Waals surface area contributed by atoms with Gasteiger partial charge in [-0.05, 0) is 17.7 Å². The van der Waals surface area contributed by atoms with E-state index in [9.17, 15) is 9.59 Å². The van der Waals surface area contributed by atoms with E-state index in [0.29, 0.717) is 18.8 Å². The summed E-state index contributed by atoms with van der Waals surface area (Å²) in [5, 5.41) is 9.07. The summed E-state index contributed by atoms with van der Waals surface area (Å²) in [4.78, 5) is 24.6. The molecule has 1 aromatic carbocycles. The fraction of sp³-hybridized carbons (Fsp3) is 0.385. The van der Waals surface area contributed by atoms with Crippen molar-refractivity contribution in [3.8, 4) is 0 Å². The van der Waals surface area contributed by atoms with Crippen LogP contribution in [-0.4, -0.2) is 47.7 Å². The van der Waals surface area contributed by atoms with Gasteiger partial charge in [-0.1, -0.05) is 12.1 Å². The fourth-order valence-electron chi connectivity index (χ4n) is 2.09. The molecule has 102 valence electrons. The molecular formula is C13H16N2O4. The third kappa shape index (κ3) is 3.23. The molecule has 0 radical (unpaired) electrons. The minimum Gasteiger partial charge on any atom is -0.480 e. The molecule has 1 aliphatic rings. The molecule has 6 nitrogen and oxygen atoms in total. The van der Waals surface area contributed by atoms with E-state index in [1.54, 1.807) is 24.3 Å². The van der Waals surface area contributed by atoms with Crippen molar-refractivity contribution >= 4 is 17.6 Å². The normalized spacial score (nSPS) is 19.2. The molecule has 0 aromatic heterocycles. The van der Waals surface area contributed by atoms with Gasteiger partial charge in [0.25, 0.3) is 0 Å². The average molecular weight is 264 g/mol. The Balaban J connectivity index is 2.07. The highest BCUT2D eigenvalue weighted by molar-refractivity contribution is 5.85. The molecule has 3 N–H and O–H groups in total. The summed E-state index contributed by atoms with van der Waals surface area (Å²) >= 11 is 0. The van der Waals surface area contributed by atoms with Gasteiger partial charge < -0.3 is 20.5 Å². The predicted molar refractivity (Wildman–Crippen MR) is 68.5 cm³/mol. The van der Waals surface area contributed by atoms with Crippen molar-refractivity contribution in [1.82, 2.24) is 4.90 Å². The quantitative estimate of drug-likeness (QED) is 0.757. The van der Waals surface area contributed by atoms with E-state index in [1.807, 2.05) is 0 Å². The van der Waals surface area contributed by atoms with Gasteiger partial charge in [0.05, 0.1) is 19.6 Å². The largest absolute Gasteiger partial charge is 0.480 e. The van der Waals surface area contributed by atoms with Gasteiger partial charge in [-0.2, -0.15) is 0 Å². The second-order valence-electron chi connectivity index (χ2n) is 4.44. The van der Waals surface area contributed by atoms with Crippen LogP contribution < -0.4 is 5.73 Å². The predicted octanol–water partition coefficient (Wildman–Crippen LogP) is 0.123. The van der Waals surface area contributed by atoms with Crippen molar-refractivity contribution in [2.75, 3.05) is 25.5 Å². The molecule has 1 fully saturated rings. The Hall–Kier alpha value is -2.08. The topological polar surface area (TPSA) is 92.9 Å². The Morgan fingerprint density at radius 2 is 2.26 bits per heavy atom. The molecule has 1 heterocycles. The number of ether oxygens (including phenoxy) is 1. The van der Waals surface area contributed by atoms with E-state index in [0.717, 1.165) is 5.56 Å². The highest BCUT2D eigenvalue weighted by atomic mass is 16.5. The number of rotatable bonds is 3. The lowest BCUT2D eigenvalue weighted by molar-refractivity contribution is -0.158. The van der Waals surface area contributed by atoms with Gasteiger partial charge in [0.2, 0.25) is 5.91 Å². The number of carbonyl (C=O) groups is 2. The summed E-state index contributed by atoms with van der Waals surface area (Å²) < 4.78 is 5.10. The van der Waals surface area contributed by atoms with E-state index >= 15 is 0 Å². The standard InChI is InChI=1S/C13H16N2O4/c14-10-3-1-2-9(6-10)7-12(16)15-4-5-19-8-11(15)13(17)18/h1-3,6,11H,4-5,7-8,14H2,(H,17,18). The molecule has 1 aliphatic heterocycles. The second-order valence-corrected chi connectivity index (χ2v) is 4.44.